The van der Waals surface area contributed by atoms with Gasteiger partial charge in [0.1, 0.15) is 11.8 Å². The van der Waals surface area contributed by atoms with E-state index in [4.69, 9.17) is 10.00 Å². The average molecular weight is 387 g/mol. The second-order valence-electron chi connectivity index (χ2n) is 7.20. The van der Waals surface area contributed by atoms with Crippen LogP contribution in [0.1, 0.15) is 46.8 Å². The van der Waals surface area contributed by atoms with E-state index in [1.54, 1.807) is 19.2 Å². The molecule has 0 bridgehead atoms. The van der Waals surface area contributed by atoms with Crippen LogP contribution in [0.3, 0.4) is 0 Å². The van der Waals surface area contributed by atoms with Crippen LogP contribution in [0.5, 0.6) is 5.75 Å². The number of hydrogen-bond donors (Lipinski definition) is 1. The molecule has 2 aromatic carbocycles. The van der Waals surface area contributed by atoms with E-state index >= 15 is 0 Å². The summed E-state index contributed by atoms with van der Waals surface area (Å²) in [5.74, 6) is 6.87. The van der Waals surface area contributed by atoms with Crippen LogP contribution in [0, 0.1) is 30.1 Å². The minimum absolute atomic E-state index is 0.114. The Morgan fingerprint density at radius 1 is 1.31 bits per heavy atom. The highest BCUT2D eigenvalue weighted by Crippen LogP contribution is 2.23. The SMILES string of the molecule is COc1cc(NCC#Cc2ccc(C(=O)N3CCCC3C)c(C)c2)ccc1C#N. The van der Waals surface area contributed by atoms with Crippen LogP contribution in [0.2, 0.25) is 0 Å². The second kappa shape index (κ2) is 9.17. The summed E-state index contributed by atoms with van der Waals surface area (Å²) in [6.45, 7) is 5.36. The van der Waals surface area contributed by atoms with Crippen LogP contribution in [0.25, 0.3) is 0 Å². The third-order valence-corrected chi connectivity index (χ3v) is 5.21. The molecule has 0 saturated carbocycles. The van der Waals surface area contributed by atoms with Crippen LogP contribution >= 0.6 is 0 Å². The summed E-state index contributed by atoms with van der Waals surface area (Å²) < 4.78 is 5.21. The number of nitriles is 1. The lowest BCUT2D eigenvalue weighted by molar-refractivity contribution is 0.0746. The molecular formula is C24H25N3O2. The lowest BCUT2D eigenvalue weighted by atomic mass is 10.0. The third-order valence-electron chi connectivity index (χ3n) is 5.21. The number of nitrogens with zero attached hydrogens (tertiary/aromatic N) is 2. The molecule has 1 aliphatic rings. The van der Waals surface area contributed by atoms with Crippen LogP contribution in [0.4, 0.5) is 5.69 Å². The van der Waals surface area contributed by atoms with E-state index in [9.17, 15) is 4.79 Å². The molecule has 0 aliphatic carbocycles. The summed E-state index contributed by atoms with van der Waals surface area (Å²) in [4.78, 5) is 14.7. The highest BCUT2D eigenvalue weighted by Gasteiger charge is 2.26. The first kappa shape index (κ1) is 20.3. The predicted octanol–water partition coefficient (Wildman–Crippen LogP) is 3.96. The van der Waals surface area contributed by atoms with Gasteiger partial charge in [0.15, 0.2) is 0 Å². The van der Waals surface area contributed by atoms with Gasteiger partial charge in [0.05, 0.1) is 19.2 Å². The number of carbonyl (C=O) groups is 1. The fourth-order valence-electron chi connectivity index (χ4n) is 3.56. The average Bonchev–Trinajstić information content (AvgIpc) is 3.16. The van der Waals surface area contributed by atoms with Crippen molar-refractivity contribution < 1.29 is 9.53 Å². The monoisotopic (exact) mass is 387 g/mol. The summed E-state index contributed by atoms with van der Waals surface area (Å²) in [7, 11) is 1.54. The lowest BCUT2D eigenvalue weighted by Crippen LogP contribution is -2.34. The number of aryl methyl sites for hydroxylation is 1. The fraction of sp³-hybridized carbons (Fsp3) is 0.333. The number of methoxy groups -OCH3 is 1. The van der Waals surface area contributed by atoms with Gasteiger partial charge < -0.3 is 15.0 Å². The molecule has 0 spiro atoms. The van der Waals surface area contributed by atoms with E-state index in [0.717, 1.165) is 41.8 Å². The zero-order chi connectivity index (χ0) is 20.8. The van der Waals surface area contributed by atoms with Crippen LogP contribution < -0.4 is 10.1 Å². The highest BCUT2D eigenvalue weighted by atomic mass is 16.5. The zero-order valence-electron chi connectivity index (χ0n) is 17.1. The van der Waals surface area contributed by atoms with Gasteiger partial charge in [-0.15, -0.1) is 0 Å². The molecule has 29 heavy (non-hydrogen) atoms. The third kappa shape index (κ3) is 4.70. The van der Waals surface area contributed by atoms with E-state index < -0.39 is 0 Å². The molecule has 0 aromatic heterocycles. The summed E-state index contributed by atoms with van der Waals surface area (Å²) >= 11 is 0. The van der Waals surface area contributed by atoms with Crippen molar-refractivity contribution >= 4 is 11.6 Å². The maximum atomic E-state index is 12.8. The minimum atomic E-state index is 0.114. The maximum Gasteiger partial charge on any atom is 0.254 e. The van der Waals surface area contributed by atoms with Crippen LogP contribution in [0.15, 0.2) is 36.4 Å². The number of ether oxygens (including phenoxy) is 1. The molecule has 5 heteroatoms. The number of nitrogens with one attached hydrogen (secondary N) is 1. The fourth-order valence-corrected chi connectivity index (χ4v) is 3.56. The van der Waals surface area contributed by atoms with E-state index in [2.05, 4.69) is 30.2 Å². The van der Waals surface area contributed by atoms with Gasteiger partial charge in [0, 0.05) is 35.5 Å². The van der Waals surface area contributed by atoms with E-state index in [1.807, 2.05) is 36.1 Å². The Morgan fingerprint density at radius 3 is 2.79 bits per heavy atom. The Hall–Kier alpha value is -3.44. The first-order valence-electron chi connectivity index (χ1n) is 9.76. The van der Waals surface area contributed by atoms with Gasteiger partial charge in [-0.1, -0.05) is 11.8 Å². The molecule has 1 unspecified atom stereocenters. The quantitative estimate of drug-likeness (QED) is 0.807. The number of likely N-dealkylation sites (tertiary alicyclic amines) is 1. The molecule has 3 rings (SSSR count). The summed E-state index contributed by atoms with van der Waals surface area (Å²) in [6.07, 6.45) is 2.15. The van der Waals surface area contributed by atoms with Gasteiger partial charge >= 0.3 is 0 Å². The van der Waals surface area contributed by atoms with Crippen LogP contribution in [-0.2, 0) is 0 Å². The van der Waals surface area contributed by atoms with E-state index in [1.165, 1.54) is 0 Å². The molecule has 1 fully saturated rings. The van der Waals surface area contributed by atoms with Gasteiger partial charge in [-0.2, -0.15) is 5.26 Å². The Kier molecular flexibility index (Phi) is 6.42. The van der Waals surface area contributed by atoms with Crippen molar-refractivity contribution in [3.05, 3.63) is 58.7 Å². The predicted molar refractivity (Wildman–Crippen MR) is 114 cm³/mol. The van der Waals surface area contributed by atoms with E-state index in [0.29, 0.717) is 23.9 Å². The van der Waals surface area contributed by atoms with Crippen molar-refractivity contribution in [3.8, 4) is 23.7 Å². The maximum absolute atomic E-state index is 12.8. The molecule has 1 heterocycles. The van der Waals surface area contributed by atoms with Gasteiger partial charge in [0.2, 0.25) is 0 Å². The molecule has 1 atom stereocenters. The number of amides is 1. The topological polar surface area (TPSA) is 65.4 Å². The first-order valence-corrected chi connectivity index (χ1v) is 9.76. The van der Waals surface area contributed by atoms with Crippen molar-refractivity contribution in [3.63, 3.8) is 0 Å². The van der Waals surface area contributed by atoms with Gasteiger partial charge in [-0.05, 0) is 62.6 Å². The molecule has 5 nitrogen and oxygen atoms in total. The minimum Gasteiger partial charge on any atom is -0.495 e. The number of carbonyl (C=O) groups excluding carboxylic acids is 1. The lowest BCUT2D eigenvalue weighted by Gasteiger charge is -2.22. The zero-order valence-corrected chi connectivity index (χ0v) is 17.1. The summed E-state index contributed by atoms with van der Waals surface area (Å²) in [5, 5.41) is 12.2. The normalized spacial score (nSPS) is 15.2. The number of rotatable bonds is 4. The van der Waals surface area contributed by atoms with Gasteiger partial charge in [-0.3, -0.25) is 4.79 Å². The van der Waals surface area contributed by atoms with Crippen molar-refractivity contribution in [2.24, 2.45) is 0 Å². The van der Waals surface area contributed by atoms with Crippen molar-refractivity contribution in [1.29, 1.82) is 5.26 Å². The van der Waals surface area contributed by atoms with Crippen molar-refractivity contribution in [2.75, 3.05) is 25.5 Å². The van der Waals surface area contributed by atoms with Crippen molar-refractivity contribution in [1.82, 2.24) is 4.90 Å². The molecule has 0 radical (unpaired) electrons. The van der Waals surface area contributed by atoms with Crippen molar-refractivity contribution in [2.45, 2.75) is 32.7 Å². The van der Waals surface area contributed by atoms with E-state index in [-0.39, 0.29) is 5.91 Å². The first-order chi connectivity index (χ1) is 14.0. The Balaban J connectivity index is 1.63. The molecular weight excluding hydrogens is 362 g/mol. The standard InChI is InChI=1S/C24H25N3O2/c1-17-14-19(8-11-22(17)24(28)27-13-5-6-18(27)2)7-4-12-26-21-10-9-20(16-25)23(15-21)29-3/h8-11,14-15,18,26H,5-6,12-13H2,1-3H3. The molecule has 148 valence electrons. The Labute approximate surface area is 172 Å². The number of hydrogen-bond acceptors (Lipinski definition) is 4. The molecule has 1 N–H and O–H groups in total. The Bertz CT molecular complexity index is 1010. The van der Waals surface area contributed by atoms with Gasteiger partial charge in [-0.25, -0.2) is 0 Å². The summed E-state index contributed by atoms with van der Waals surface area (Å²) in [6, 6.07) is 13.5. The van der Waals surface area contributed by atoms with Crippen LogP contribution in [-0.4, -0.2) is 37.0 Å². The molecule has 1 saturated heterocycles. The van der Waals surface area contributed by atoms with Gasteiger partial charge in [0.25, 0.3) is 5.91 Å². The Morgan fingerprint density at radius 2 is 2.14 bits per heavy atom. The number of anilines is 1. The highest BCUT2D eigenvalue weighted by molar-refractivity contribution is 5.96. The largest absolute Gasteiger partial charge is 0.495 e. The smallest absolute Gasteiger partial charge is 0.254 e. The summed E-state index contributed by atoms with van der Waals surface area (Å²) in [5.41, 5.74) is 3.93. The molecule has 1 amide bonds. The molecule has 2 aromatic rings. The second-order valence-corrected chi connectivity index (χ2v) is 7.20. The number of benzene rings is 2. The molecule has 1 aliphatic heterocycles.